The Balaban J connectivity index is 0.000000182. The van der Waals surface area contributed by atoms with Gasteiger partial charge in [-0.25, -0.2) is 9.97 Å². The van der Waals surface area contributed by atoms with E-state index < -0.39 is 0 Å². The van der Waals surface area contributed by atoms with Gasteiger partial charge in [0.1, 0.15) is 0 Å². The van der Waals surface area contributed by atoms with Crippen LogP contribution in [0.25, 0.3) is 67.5 Å². The molecule has 0 saturated carbocycles. The zero-order valence-electron chi connectivity index (χ0n) is 35.7. The smallest absolute Gasteiger partial charge is 0.252 e. The van der Waals surface area contributed by atoms with Crippen LogP contribution in [-0.4, -0.2) is 19.9 Å². The van der Waals surface area contributed by atoms with Gasteiger partial charge < -0.3 is 0 Å². The van der Waals surface area contributed by atoms with Crippen molar-refractivity contribution in [3.05, 3.63) is 194 Å². The molecule has 0 aliphatic heterocycles. The van der Waals surface area contributed by atoms with Crippen LogP contribution >= 0.6 is 0 Å². The minimum Gasteiger partial charge on any atom is -0.252 e. The minimum absolute atomic E-state index is 0. The van der Waals surface area contributed by atoms with Crippen LogP contribution in [0.15, 0.2) is 194 Å². The van der Waals surface area contributed by atoms with Crippen LogP contribution in [0.2, 0.25) is 0 Å². The van der Waals surface area contributed by atoms with Gasteiger partial charge >= 0.3 is 20.1 Å². The first kappa shape index (κ1) is 45.2. The zero-order valence-corrected chi connectivity index (χ0v) is 38.1. The molecule has 60 heavy (non-hydrogen) atoms. The summed E-state index contributed by atoms with van der Waals surface area (Å²) >= 11 is 0. The zero-order chi connectivity index (χ0) is 41.5. The molecule has 0 unspecified atom stereocenters. The molecule has 0 fully saturated rings. The Bertz CT molecular complexity index is 2270. The van der Waals surface area contributed by atoms with Gasteiger partial charge in [0, 0.05) is 33.4 Å². The fraction of sp³-hybridized carbons (Fsp3) is 0.200. The van der Waals surface area contributed by atoms with Crippen molar-refractivity contribution in [3.63, 3.8) is 0 Å². The Morgan fingerprint density at radius 1 is 0.317 bits per heavy atom. The van der Waals surface area contributed by atoms with E-state index in [0.29, 0.717) is 10.8 Å². The van der Waals surface area contributed by atoms with Gasteiger partial charge in [-0.2, -0.15) is 0 Å². The van der Waals surface area contributed by atoms with Gasteiger partial charge in [0.25, 0.3) is 0 Å². The van der Waals surface area contributed by atoms with Gasteiger partial charge in [-0.1, -0.05) is 230 Å². The van der Waals surface area contributed by atoms with E-state index in [0.717, 1.165) is 67.5 Å². The van der Waals surface area contributed by atoms with E-state index in [1.807, 2.05) is 122 Å². The summed E-state index contributed by atoms with van der Waals surface area (Å²) in [7, 11) is 0. The topological polar surface area (TPSA) is 51.6 Å². The summed E-state index contributed by atoms with van der Waals surface area (Å²) in [6.07, 6.45) is 7.77. The number of hydrogen-bond acceptors (Lipinski definition) is 4. The molecule has 5 heteroatoms. The van der Waals surface area contributed by atoms with Crippen molar-refractivity contribution in [3.8, 4) is 67.5 Å². The predicted octanol–water partition coefficient (Wildman–Crippen LogP) is 15.2. The largest absolute Gasteiger partial charge is 3.00 e. The molecule has 0 aliphatic rings. The van der Waals surface area contributed by atoms with Crippen molar-refractivity contribution in [2.45, 2.75) is 60.8 Å². The number of benzene rings is 6. The Kier molecular flexibility index (Phi) is 16.5. The molecule has 8 aromatic rings. The molecule has 2 heterocycles. The molecule has 0 spiro atoms. The van der Waals surface area contributed by atoms with Crippen LogP contribution in [0.5, 0.6) is 0 Å². The molecule has 0 atom stereocenters. The van der Waals surface area contributed by atoms with E-state index in [1.54, 1.807) is 0 Å². The first-order chi connectivity index (χ1) is 28.5. The predicted molar refractivity (Wildman–Crippen MR) is 249 cm³/mol. The summed E-state index contributed by atoms with van der Waals surface area (Å²) in [6.45, 7) is 13.9. The molecule has 0 amide bonds. The maximum Gasteiger partial charge on any atom is 3.00 e. The molecule has 8 rings (SSSR count). The molecule has 2 aromatic heterocycles. The van der Waals surface area contributed by atoms with E-state index in [2.05, 4.69) is 114 Å². The number of nitrogens with zero attached hydrogens (tertiary/aromatic N) is 4. The van der Waals surface area contributed by atoms with Crippen LogP contribution in [-0.2, 0) is 20.1 Å². The molecule has 4 nitrogen and oxygen atoms in total. The van der Waals surface area contributed by atoms with Crippen LogP contribution in [0.1, 0.15) is 60.8 Å². The molecule has 0 aliphatic carbocycles. The van der Waals surface area contributed by atoms with Crippen LogP contribution in [0.3, 0.4) is 0 Å². The average Bonchev–Trinajstić information content (AvgIpc) is 3.27. The summed E-state index contributed by atoms with van der Waals surface area (Å²) in [4.78, 5) is 19.3. The number of hydrogen-bond donors (Lipinski definition) is 0. The van der Waals surface area contributed by atoms with Crippen molar-refractivity contribution >= 4 is 0 Å². The Morgan fingerprint density at radius 3 is 0.800 bits per heavy atom. The molecular formula is C55H56IrN4+3. The third kappa shape index (κ3) is 13.6. The van der Waals surface area contributed by atoms with Crippen LogP contribution in [0, 0.1) is 10.8 Å². The minimum atomic E-state index is 0. The Morgan fingerprint density at radius 2 is 0.550 bits per heavy atom. The standard InChI is InChI=1S/2C22H16N2.C11H24.Ir/c2*1-4-10-17(11-5-1)20-16-23-21(18-12-6-2-7-13-18)22(24-20)19-14-8-3-9-15-19;1-10(2,3)8-7-9-11(4,5)6;/h2*1-16H;7-9H2,1-6H3;/q;;;+3. The molecule has 0 N–H and O–H groups in total. The van der Waals surface area contributed by atoms with Crippen molar-refractivity contribution < 1.29 is 20.1 Å². The summed E-state index contributed by atoms with van der Waals surface area (Å²) in [6, 6.07) is 61.1. The molecule has 6 aromatic carbocycles. The average molecular weight is 965 g/mol. The fourth-order valence-electron chi connectivity index (χ4n) is 6.63. The first-order valence-electron chi connectivity index (χ1n) is 20.6. The summed E-state index contributed by atoms with van der Waals surface area (Å²) in [5.74, 6) is 0. The third-order valence-electron chi connectivity index (χ3n) is 9.73. The van der Waals surface area contributed by atoms with E-state index in [-0.39, 0.29) is 20.1 Å². The van der Waals surface area contributed by atoms with Crippen LogP contribution in [0.4, 0.5) is 0 Å². The normalized spacial score (nSPS) is 10.9. The van der Waals surface area contributed by atoms with Crippen LogP contribution < -0.4 is 0 Å². The Hall–Kier alpha value is -5.87. The molecule has 302 valence electrons. The fourth-order valence-corrected chi connectivity index (χ4v) is 6.63. The maximum atomic E-state index is 4.93. The molecule has 0 saturated heterocycles. The monoisotopic (exact) mass is 965 g/mol. The third-order valence-corrected chi connectivity index (χ3v) is 9.73. The van der Waals surface area contributed by atoms with E-state index >= 15 is 0 Å². The molecule has 0 radical (unpaired) electrons. The van der Waals surface area contributed by atoms with E-state index in [1.165, 1.54) is 19.3 Å². The quantitative estimate of drug-likeness (QED) is 0.152. The first-order valence-corrected chi connectivity index (χ1v) is 20.6. The molecular weight excluding hydrogens is 909 g/mol. The van der Waals surface area contributed by atoms with E-state index in [4.69, 9.17) is 19.9 Å². The maximum absolute atomic E-state index is 4.93. The SMILES string of the molecule is CC(C)(C)CCCC(C)(C)C.[Ir+3].c1ccc(-c2cnc(-c3ccccc3)c(-c3ccccc3)n2)cc1.c1ccc(-c2cnc(-c3ccccc3)c(-c3ccccc3)n2)cc1. The second kappa shape index (κ2) is 21.9. The number of aromatic nitrogens is 4. The molecule has 0 bridgehead atoms. The van der Waals surface area contributed by atoms with Crippen molar-refractivity contribution in [2.24, 2.45) is 10.8 Å². The summed E-state index contributed by atoms with van der Waals surface area (Å²) < 4.78 is 0. The van der Waals surface area contributed by atoms with Crippen molar-refractivity contribution in [1.29, 1.82) is 0 Å². The van der Waals surface area contributed by atoms with Crippen molar-refractivity contribution in [1.82, 2.24) is 19.9 Å². The number of rotatable bonds is 8. The second-order valence-electron chi connectivity index (χ2n) is 17.1. The second-order valence-corrected chi connectivity index (χ2v) is 17.1. The Labute approximate surface area is 371 Å². The summed E-state index contributed by atoms with van der Waals surface area (Å²) in [5.41, 5.74) is 12.9. The van der Waals surface area contributed by atoms with Gasteiger partial charge in [0.05, 0.1) is 46.6 Å². The van der Waals surface area contributed by atoms with Gasteiger partial charge in [0.15, 0.2) is 0 Å². The summed E-state index contributed by atoms with van der Waals surface area (Å²) in [5, 5.41) is 0. The van der Waals surface area contributed by atoms with Gasteiger partial charge in [-0.3, -0.25) is 9.97 Å². The van der Waals surface area contributed by atoms with E-state index in [9.17, 15) is 0 Å². The van der Waals surface area contributed by atoms with Crippen molar-refractivity contribution in [2.75, 3.05) is 0 Å². The van der Waals surface area contributed by atoms with Gasteiger partial charge in [0.2, 0.25) is 0 Å². The van der Waals surface area contributed by atoms with Gasteiger partial charge in [-0.05, 0) is 23.7 Å². The van der Waals surface area contributed by atoms with Gasteiger partial charge in [-0.15, -0.1) is 0 Å².